The van der Waals surface area contributed by atoms with Crippen LogP contribution in [0.2, 0.25) is 0 Å². The average molecular weight is 443 g/mol. The van der Waals surface area contributed by atoms with E-state index in [1.807, 2.05) is 6.92 Å². The number of nitrogens with one attached hydrogen (secondary N) is 2. The lowest BCUT2D eigenvalue weighted by Crippen LogP contribution is -2.37. The van der Waals surface area contributed by atoms with Gasteiger partial charge in [0.2, 0.25) is 0 Å². The van der Waals surface area contributed by atoms with Crippen molar-refractivity contribution in [2.45, 2.75) is 19.6 Å². The van der Waals surface area contributed by atoms with Gasteiger partial charge in [-0.1, -0.05) is 24.3 Å². The Kier molecular flexibility index (Phi) is 10.4. The molecule has 1 aromatic carbocycles. The Morgan fingerprint density at radius 1 is 1.30 bits per heavy atom. The predicted octanol–water partition coefficient (Wildman–Crippen LogP) is 3.49. The van der Waals surface area contributed by atoms with Crippen LogP contribution in [0.15, 0.2) is 41.9 Å². The van der Waals surface area contributed by atoms with Gasteiger partial charge in [-0.25, -0.2) is 4.99 Å². The fraction of sp³-hybridized carbons (Fsp3) is 0.400. The Morgan fingerprint density at radius 3 is 2.61 bits per heavy atom. The van der Waals surface area contributed by atoms with Crippen molar-refractivity contribution in [3.8, 4) is 5.75 Å². The maximum absolute atomic E-state index is 12.2. The zero-order chi connectivity index (χ0) is 16.4. The number of hydrogen-bond donors (Lipinski definition) is 2. The molecule has 0 fully saturated rings. The number of rotatable bonds is 7. The second kappa shape index (κ2) is 11.1. The van der Waals surface area contributed by atoms with Gasteiger partial charge in [0, 0.05) is 18.7 Å². The van der Waals surface area contributed by atoms with Crippen LogP contribution in [-0.4, -0.2) is 31.8 Å². The Balaban J connectivity index is 0.00000484. The van der Waals surface area contributed by atoms with Crippen molar-refractivity contribution in [2.75, 3.05) is 19.7 Å². The van der Waals surface area contributed by atoms with Gasteiger partial charge in [-0.2, -0.15) is 13.2 Å². The number of halogens is 4. The molecule has 0 amide bonds. The van der Waals surface area contributed by atoms with Gasteiger partial charge < -0.3 is 15.4 Å². The summed E-state index contributed by atoms with van der Waals surface area (Å²) in [5, 5.41) is 6.05. The molecule has 0 unspecified atom stereocenters. The van der Waals surface area contributed by atoms with Crippen molar-refractivity contribution in [3.05, 3.63) is 42.5 Å². The average Bonchev–Trinajstić information content (AvgIpc) is 2.48. The number of alkyl halides is 3. The van der Waals surface area contributed by atoms with E-state index in [-0.39, 0.29) is 36.3 Å². The number of hydrogen-bond acceptors (Lipinski definition) is 2. The summed E-state index contributed by atoms with van der Waals surface area (Å²) in [7, 11) is 0. The molecule has 0 aliphatic heterocycles. The highest BCUT2D eigenvalue weighted by Crippen LogP contribution is 2.22. The van der Waals surface area contributed by atoms with Crippen LogP contribution in [0.3, 0.4) is 0 Å². The van der Waals surface area contributed by atoms with Crippen molar-refractivity contribution in [1.29, 1.82) is 0 Å². The van der Waals surface area contributed by atoms with E-state index in [1.54, 1.807) is 24.3 Å². The molecule has 23 heavy (non-hydrogen) atoms. The number of nitrogens with zero attached hydrogens (tertiary/aromatic N) is 1. The monoisotopic (exact) mass is 443 g/mol. The molecule has 0 atom stereocenters. The zero-order valence-electron chi connectivity index (χ0n) is 12.8. The molecular formula is C15H21F3IN3O. The molecule has 130 valence electrons. The lowest BCUT2D eigenvalue weighted by atomic mass is 10.2. The highest BCUT2D eigenvalue weighted by atomic mass is 127. The van der Waals surface area contributed by atoms with Crippen LogP contribution in [-0.2, 0) is 6.54 Å². The molecule has 0 bridgehead atoms. The second-order valence-electron chi connectivity index (χ2n) is 4.38. The SMILES string of the molecule is C=CCNC(=NCc1ccccc1OCC(F)(F)F)NCC.I. The maximum Gasteiger partial charge on any atom is 0.422 e. The molecule has 0 saturated carbocycles. The Labute approximate surface area is 151 Å². The molecule has 1 rings (SSSR count). The van der Waals surface area contributed by atoms with Crippen LogP contribution in [0.5, 0.6) is 5.75 Å². The van der Waals surface area contributed by atoms with E-state index < -0.39 is 12.8 Å². The minimum atomic E-state index is -4.36. The molecule has 0 aliphatic rings. The summed E-state index contributed by atoms with van der Waals surface area (Å²) in [5.41, 5.74) is 0.586. The maximum atomic E-state index is 12.2. The highest BCUT2D eigenvalue weighted by molar-refractivity contribution is 14.0. The lowest BCUT2D eigenvalue weighted by Gasteiger charge is -2.13. The summed E-state index contributed by atoms with van der Waals surface area (Å²) in [4.78, 5) is 4.31. The van der Waals surface area contributed by atoms with E-state index in [4.69, 9.17) is 4.74 Å². The van der Waals surface area contributed by atoms with Gasteiger partial charge in [-0.3, -0.25) is 0 Å². The van der Waals surface area contributed by atoms with Crippen LogP contribution in [0.4, 0.5) is 13.2 Å². The van der Waals surface area contributed by atoms with Crippen molar-refractivity contribution in [1.82, 2.24) is 10.6 Å². The third kappa shape index (κ3) is 9.32. The number of para-hydroxylation sites is 1. The predicted molar refractivity (Wildman–Crippen MR) is 96.4 cm³/mol. The fourth-order valence-electron chi connectivity index (χ4n) is 1.61. The number of ether oxygens (including phenoxy) is 1. The van der Waals surface area contributed by atoms with Gasteiger partial charge in [0.1, 0.15) is 5.75 Å². The highest BCUT2D eigenvalue weighted by Gasteiger charge is 2.28. The molecular weight excluding hydrogens is 422 g/mol. The van der Waals surface area contributed by atoms with E-state index in [0.29, 0.717) is 24.6 Å². The number of aliphatic imine (C=N–C) groups is 1. The van der Waals surface area contributed by atoms with Crippen molar-refractivity contribution in [2.24, 2.45) is 4.99 Å². The molecule has 0 aliphatic carbocycles. The molecule has 4 nitrogen and oxygen atoms in total. The van der Waals surface area contributed by atoms with Gasteiger partial charge in [-0.05, 0) is 13.0 Å². The minimum Gasteiger partial charge on any atom is -0.484 e. The quantitative estimate of drug-likeness (QED) is 0.294. The number of guanidine groups is 1. The summed E-state index contributed by atoms with van der Waals surface area (Å²) < 4.78 is 41.6. The van der Waals surface area contributed by atoms with E-state index >= 15 is 0 Å². The molecule has 0 spiro atoms. The Morgan fingerprint density at radius 2 is 2.00 bits per heavy atom. The summed E-state index contributed by atoms with van der Waals surface area (Å²) in [6.45, 7) is 5.63. The lowest BCUT2D eigenvalue weighted by molar-refractivity contribution is -0.153. The first-order valence-electron chi connectivity index (χ1n) is 6.86. The fourth-order valence-corrected chi connectivity index (χ4v) is 1.61. The van der Waals surface area contributed by atoms with Crippen molar-refractivity contribution < 1.29 is 17.9 Å². The van der Waals surface area contributed by atoms with E-state index in [2.05, 4.69) is 22.2 Å². The molecule has 0 saturated heterocycles. The topological polar surface area (TPSA) is 45.7 Å². The van der Waals surface area contributed by atoms with Gasteiger partial charge in [0.15, 0.2) is 12.6 Å². The summed E-state index contributed by atoms with van der Waals surface area (Å²) in [5.74, 6) is 0.746. The molecule has 1 aromatic rings. The molecule has 0 radical (unpaired) electrons. The molecule has 2 N–H and O–H groups in total. The number of benzene rings is 1. The second-order valence-corrected chi connectivity index (χ2v) is 4.38. The van der Waals surface area contributed by atoms with E-state index in [0.717, 1.165) is 0 Å². The first-order valence-corrected chi connectivity index (χ1v) is 6.86. The van der Waals surface area contributed by atoms with E-state index in [9.17, 15) is 13.2 Å². The normalized spacial score (nSPS) is 11.4. The molecule has 8 heteroatoms. The smallest absolute Gasteiger partial charge is 0.422 e. The van der Waals surface area contributed by atoms with Crippen LogP contribution in [0, 0.1) is 0 Å². The molecule has 0 heterocycles. The van der Waals surface area contributed by atoms with Crippen molar-refractivity contribution >= 4 is 29.9 Å². The van der Waals surface area contributed by atoms with Gasteiger partial charge in [0.05, 0.1) is 6.54 Å². The van der Waals surface area contributed by atoms with Crippen LogP contribution in [0.1, 0.15) is 12.5 Å². The van der Waals surface area contributed by atoms with Crippen molar-refractivity contribution in [3.63, 3.8) is 0 Å². The third-order valence-electron chi connectivity index (χ3n) is 2.53. The minimum absolute atomic E-state index is 0. The summed E-state index contributed by atoms with van der Waals surface area (Å²) in [6, 6.07) is 6.54. The van der Waals surface area contributed by atoms with Crippen LogP contribution in [0.25, 0.3) is 0 Å². The Hall–Kier alpha value is -1.45. The standard InChI is InChI=1S/C15H20F3N3O.HI/c1-3-9-20-14(19-4-2)21-10-12-7-5-6-8-13(12)22-11-15(16,17)18;/h3,5-8H,1,4,9-11H2,2H3,(H2,19,20,21);1H. The third-order valence-corrected chi connectivity index (χ3v) is 2.53. The first kappa shape index (κ1) is 21.6. The summed E-state index contributed by atoms with van der Waals surface area (Å²) >= 11 is 0. The van der Waals surface area contributed by atoms with E-state index in [1.165, 1.54) is 6.07 Å². The zero-order valence-corrected chi connectivity index (χ0v) is 15.2. The molecule has 0 aromatic heterocycles. The van der Waals surface area contributed by atoms with Gasteiger partial charge >= 0.3 is 6.18 Å². The van der Waals surface area contributed by atoms with Crippen LogP contribution >= 0.6 is 24.0 Å². The van der Waals surface area contributed by atoms with Gasteiger partial charge in [0.25, 0.3) is 0 Å². The van der Waals surface area contributed by atoms with Gasteiger partial charge in [-0.15, -0.1) is 30.6 Å². The summed E-state index contributed by atoms with van der Waals surface area (Å²) in [6.07, 6.45) is -2.68. The largest absolute Gasteiger partial charge is 0.484 e. The first-order chi connectivity index (χ1) is 10.5. The Bertz CT molecular complexity index is 507. The van der Waals surface area contributed by atoms with Crippen LogP contribution < -0.4 is 15.4 Å².